The van der Waals surface area contributed by atoms with Gasteiger partial charge in [-0.05, 0) is 25.7 Å². The van der Waals surface area contributed by atoms with Crippen LogP contribution in [0.15, 0.2) is 0 Å². The fourth-order valence-corrected chi connectivity index (χ4v) is 2.89. The number of carbonyl (C=O) groups excluding carboxylic acids is 1. The molecule has 0 spiro atoms. The van der Waals surface area contributed by atoms with E-state index in [4.69, 9.17) is 4.74 Å². The number of nitrogens with zero attached hydrogens (tertiary/aromatic N) is 2. The zero-order chi connectivity index (χ0) is 14.3. The van der Waals surface area contributed by atoms with Crippen molar-refractivity contribution in [2.45, 2.75) is 58.5 Å². The van der Waals surface area contributed by atoms with Crippen LogP contribution in [-0.2, 0) is 9.53 Å². The first-order chi connectivity index (χ1) is 9.09. The van der Waals surface area contributed by atoms with E-state index in [2.05, 4.69) is 6.07 Å². The van der Waals surface area contributed by atoms with Gasteiger partial charge >= 0.3 is 0 Å². The molecule has 0 radical (unpaired) electrons. The van der Waals surface area contributed by atoms with E-state index >= 15 is 0 Å². The molecule has 1 fully saturated rings. The third-order valence-electron chi connectivity index (χ3n) is 3.83. The molecular weight excluding hydrogens is 240 g/mol. The Kier molecular flexibility index (Phi) is 6.30. The summed E-state index contributed by atoms with van der Waals surface area (Å²) in [4.78, 5) is 14.3. The summed E-state index contributed by atoms with van der Waals surface area (Å²) in [6.07, 6.45) is 5.23. The number of hydrogen-bond acceptors (Lipinski definition) is 3. The van der Waals surface area contributed by atoms with Gasteiger partial charge < -0.3 is 9.64 Å². The summed E-state index contributed by atoms with van der Waals surface area (Å²) in [5.41, 5.74) is -0.836. The molecule has 0 N–H and O–H groups in total. The van der Waals surface area contributed by atoms with Gasteiger partial charge in [0.2, 0.25) is 5.91 Å². The molecule has 1 rings (SSSR count). The summed E-state index contributed by atoms with van der Waals surface area (Å²) in [6, 6.07) is 2.29. The number of amides is 1. The van der Waals surface area contributed by atoms with Crippen molar-refractivity contribution in [3.05, 3.63) is 0 Å². The largest absolute Gasteiger partial charge is 0.376 e. The second-order valence-corrected chi connectivity index (χ2v) is 5.51. The number of likely N-dealkylation sites (N-methyl/N-ethyl adjacent to an activating group) is 1. The molecule has 4 nitrogen and oxygen atoms in total. The SMILES string of the molecule is CCCC(C#N)(CCC)C(=O)N(C)CC1CCCO1. The topological polar surface area (TPSA) is 53.3 Å². The molecule has 0 aromatic rings. The molecule has 1 amide bonds. The standard InChI is InChI=1S/C15H26N2O2/c1-4-8-15(12-16,9-5-2)14(18)17(3)11-13-7-6-10-19-13/h13H,4-11H2,1-3H3. The van der Waals surface area contributed by atoms with Crippen molar-refractivity contribution in [1.29, 1.82) is 5.26 Å². The van der Waals surface area contributed by atoms with Crippen molar-refractivity contribution in [3.63, 3.8) is 0 Å². The van der Waals surface area contributed by atoms with Crippen LogP contribution in [0.5, 0.6) is 0 Å². The molecule has 1 aliphatic heterocycles. The Bertz CT molecular complexity index is 324. The summed E-state index contributed by atoms with van der Waals surface area (Å²) in [6.45, 7) is 5.44. The molecule has 0 saturated carbocycles. The van der Waals surface area contributed by atoms with Crippen LogP contribution in [0.1, 0.15) is 52.4 Å². The van der Waals surface area contributed by atoms with E-state index in [1.807, 2.05) is 13.8 Å². The zero-order valence-corrected chi connectivity index (χ0v) is 12.4. The Balaban J connectivity index is 2.71. The van der Waals surface area contributed by atoms with Gasteiger partial charge in [0.25, 0.3) is 0 Å². The van der Waals surface area contributed by atoms with Gasteiger partial charge in [-0.1, -0.05) is 26.7 Å². The lowest BCUT2D eigenvalue weighted by Crippen LogP contribution is -2.44. The Morgan fingerprint density at radius 2 is 2.05 bits per heavy atom. The zero-order valence-electron chi connectivity index (χ0n) is 12.4. The van der Waals surface area contributed by atoms with Gasteiger partial charge in [-0.25, -0.2) is 0 Å². The normalized spacial score (nSPS) is 19.2. The highest BCUT2D eigenvalue weighted by molar-refractivity contribution is 5.85. The fourth-order valence-electron chi connectivity index (χ4n) is 2.89. The monoisotopic (exact) mass is 266 g/mol. The molecule has 0 aliphatic carbocycles. The highest BCUT2D eigenvalue weighted by Gasteiger charge is 2.39. The number of hydrogen-bond donors (Lipinski definition) is 0. The highest BCUT2D eigenvalue weighted by atomic mass is 16.5. The minimum absolute atomic E-state index is 0.0331. The average molecular weight is 266 g/mol. The summed E-state index contributed by atoms with van der Waals surface area (Å²) in [7, 11) is 1.79. The lowest BCUT2D eigenvalue weighted by atomic mass is 9.79. The van der Waals surface area contributed by atoms with E-state index in [9.17, 15) is 10.1 Å². The lowest BCUT2D eigenvalue weighted by Gasteiger charge is -2.31. The Labute approximate surface area is 116 Å². The molecule has 4 heteroatoms. The third kappa shape index (κ3) is 3.94. The van der Waals surface area contributed by atoms with Crippen molar-refractivity contribution in [2.24, 2.45) is 5.41 Å². The Morgan fingerprint density at radius 3 is 2.47 bits per heavy atom. The first-order valence-corrected chi connectivity index (χ1v) is 7.38. The molecule has 0 aromatic carbocycles. The van der Waals surface area contributed by atoms with E-state index in [-0.39, 0.29) is 12.0 Å². The molecule has 0 aromatic heterocycles. The molecule has 1 unspecified atom stereocenters. The number of nitriles is 1. The van der Waals surface area contributed by atoms with E-state index in [1.54, 1.807) is 11.9 Å². The van der Waals surface area contributed by atoms with Crippen molar-refractivity contribution in [1.82, 2.24) is 4.90 Å². The molecule has 1 atom stereocenters. The fraction of sp³-hybridized carbons (Fsp3) is 0.867. The van der Waals surface area contributed by atoms with E-state index in [1.165, 1.54) is 0 Å². The maximum atomic E-state index is 12.6. The van der Waals surface area contributed by atoms with Gasteiger partial charge in [-0.2, -0.15) is 5.26 Å². The molecule has 1 heterocycles. The van der Waals surface area contributed by atoms with Crippen LogP contribution in [0, 0.1) is 16.7 Å². The van der Waals surface area contributed by atoms with Crippen molar-refractivity contribution >= 4 is 5.91 Å². The minimum atomic E-state index is -0.836. The first kappa shape index (κ1) is 16.0. The van der Waals surface area contributed by atoms with Crippen LogP contribution in [0.4, 0.5) is 0 Å². The average Bonchev–Trinajstić information content (AvgIpc) is 2.90. The molecule has 0 bridgehead atoms. The lowest BCUT2D eigenvalue weighted by molar-refractivity contribution is -0.139. The van der Waals surface area contributed by atoms with Crippen LogP contribution in [0.2, 0.25) is 0 Å². The number of ether oxygens (including phenoxy) is 1. The van der Waals surface area contributed by atoms with Crippen molar-refractivity contribution in [2.75, 3.05) is 20.2 Å². The smallest absolute Gasteiger partial charge is 0.242 e. The van der Waals surface area contributed by atoms with Gasteiger partial charge in [-0.15, -0.1) is 0 Å². The van der Waals surface area contributed by atoms with Gasteiger partial charge in [0.15, 0.2) is 0 Å². The molecule has 1 saturated heterocycles. The minimum Gasteiger partial charge on any atom is -0.376 e. The quantitative estimate of drug-likeness (QED) is 0.712. The Morgan fingerprint density at radius 1 is 1.42 bits per heavy atom. The summed E-state index contributed by atoms with van der Waals surface area (Å²) >= 11 is 0. The number of rotatable bonds is 7. The molecule has 108 valence electrons. The maximum absolute atomic E-state index is 12.6. The van der Waals surface area contributed by atoms with Crippen LogP contribution < -0.4 is 0 Å². The van der Waals surface area contributed by atoms with Crippen LogP contribution >= 0.6 is 0 Å². The van der Waals surface area contributed by atoms with Crippen LogP contribution in [0.3, 0.4) is 0 Å². The van der Waals surface area contributed by atoms with Gasteiger partial charge in [0, 0.05) is 20.2 Å². The first-order valence-electron chi connectivity index (χ1n) is 7.38. The molecule has 19 heavy (non-hydrogen) atoms. The number of carbonyl (C=O) groups is 1. The predicted molar refractivity (Wildman–Crippen MR) is 74.5 cm³/mol. The van der Waals surface area contributed by atoms with E-state index in [0.717, 1.165) is 32.3 Å². The van der Waals surface area contributed by atoms with Gasteiger partial charge in [0.1, 0.15) is 5.41 Å². The van der Waals surface area contributed by atoms with Crippen LogP contribution in [-0.4, -0.2) is 37.1 Å². The van der Waals surface area contributed by atoms with Crippen molar-refractivity contribution in [3.8, 4) is 6.07 Å². The third-order valence-corrected chi connectivity index (χ3v) is 3.83. The second kappa shape index (κ2) is 7.49. The highest BCUT2D eigenvalue weighted by Crippen LogP contribution is 2.31. The van der Waals surface area contributed by atoms with Crippen molar-refractivity contribution < 1.29 is 9.53 Å². The molecular formula is C15H26N2O2. The van der Waals surface area contributed by atoms with Crippen LogP contribution in [0.25, 0.3) is 0 Å². The summed E-state index contributed by atoms with van der Waals surface area (Å²) in [5, 5.41) is 9.49. The summed E-state index contributed by atoms with van der Waals surface area (Å²) in [5.74, 6) is -0.0331. The maximum Gasteiger partial charge on any atom is 0.242 e. The predicted octanol–water partition coefficient (Wildman–Crippen LogP) is 2.73. The molecule has 1 aliphatic rings. The second-order valence-electron chi connectivity index (χ2n) is 5.51. The van der Waals surface area contributed by atoms with Gasteiger partial charge in [0.05, 0.1) is 12.2 Å². The van der Waals surface area contributed by atoms with E-state index < -0.39 is 5.41 Å². The Hall–Kier alpha value is -1.08. The van der Waals surface area contributed by atoms with E-state index in [0.29, 0.717) is 19.4 Å². The summed E-state index contributed by atoms with van der Waals surface area (Å²) < 4.78 is 5.56. The van der Waals surface area contributed by atoms with Gasteiger partial charge in [-0.3, -0.25) is 4.79 Å².